The second-order valence-corrected chi connectivity index (χ2v) is 3.84. The highest BCUT2D eigenvalue weighted by molar-refractivity contribution is 5.62. The third kappa shape index (κ3) is 1.96. The monoisotopic (exact) mass is 219 g/mol. The minimum Gasteiger partial charge on any atom is -0.398 e. The number of nitrogens with zero attached hydrogens (tertiary/aromatic N) is 3. The molecule has 1 rings (SSSR count). The van der Waals surface area contributed by atoms with Crippen LogP contribution >= 0.6 is 0 Å². The second kappa shape index (κ2) is 4.88. The van der Waals surface area contributed by atoms with Crippen molar-refractivity contribution in [1.29, 1.82) is 0 Å². The molecule has 86 valence electrons. The zero-order valence-electron chi connectivity index (χ0n) is 9.91. The van der Waals surface area contributed by atoms with Crippen LogP contribution in [0.1, 0.15) is 27.8 Å². The molecule has 5 nitrogen and oxygen atoms in total. The zero-order valence-corrected chi connectivity index (χ0v) is 9.91. The summed E-state index contributed by atoms with van der Waals surface area (Å²) < 4.78 is 0. The summed E-state index contributed by atoms with van der Waals surface area (Å²) in [5, 5.41) is 3.59. The highest BCUT2D eigenvalue weighted by atomic mass is 15.1. The normalized spacial score (nSPS) is 10.0. The van der Waals surface area contributed by atoms with E-state index in [1.807, 2.05) is 20.8 Å². The van der Waals surface area contributed by atoms with Crippen LogP contribution in [-0.4, -0.2) is 0 Å². The molecule has 0 unspecified atom stereocenters. The van der Waals surface area contributed by atoms with Crippen molar-refractivity contribution in [2.45, 2.75) is 33.9 Å². The topological polar surface area (TPSA) is 101 Å². The Morgan fingerprint density at radius 2 is 1.69 bits per heavy atom. The molecule has 0 aromatic heterocycles. The van der Waals surface area contributed by atoms with Gasteiger partial charge in [0.2, 0.25) is 0 Å². The summed E-state index contributed by atoms with van der Waals surface area (Å²) in [6.45, 7) is 6.67. The van der Waals surface area contributed by atoms with Gasteiger partial charge < -0.3 is 11.5 Å². The van der Waals surface area contributed by atoms with Gasteiger partial charge in [-0.25, -0.2) is 0 Å². The van der Waals surface area contributed by atoms with Crippen molar-refractivity contribution in [2.24, 2.45) is 10.8 Å². The smallest absolute Gasteiger partial charge is 0.0516 e. The van der Waals surface area contributed by atoms with Crippen LogP contribution in [0.4, 0.5) is 5.69 Å². The van der Waals surface area contributed by atoms with E-state index >= 15 is 0 Å². The average molecular weight is 219 g/mol. The predicted molar refractivity (Wildman–Crippen MR) is 65.8 cm³/mol. The van der Waals surface area contributed by atoms with Crippen LogP contribution in [0.25, 0.3) is 10.4 Å². The number of benzene rings is 1. The fraction of sp³-hybridized carbons (Fsp3) is 0.455. The first-order chi connectivity index (χ1) is 7.54. The number of hydrogen-bond donors (Lipinski definition) is 2. The Kier molecular flexibility index (Phi) is 3.77. The number of anilines is 1. The lowest BCUT2D eigenvalue weighted by Gasteiger charge is -2.18. The molecule has 0 aliphatic heterocycles. The molecule has 1 aromatic rings. The molecule has 0 fully saturated rings. The van der Waals surface area contributed by atoms with Gasteiger partial charge in [-0.3, -0.25) is 0 Å². The molecule has 5 heteroatoms. The quantitative estimate of drug-likeness (QED) is 0.353. The largest absolute Gasteiger partial charge is 0.398 e. The second-order valence-electron chi connectivity index (χ2n) is 3.84. The number of azide groups is 1. The van der Waals surface area contributed by atoms with Crippen molar-refractivity contribution >= 4 is 5.69 Å². The number of hydrogen-bond acceptors (Lipinski definition) is 3. The lowest BCUT2D eigenvalue weighted by atomic mass is 9.91. The number of rotatable bonds is 3. The third-order valence-corrected chi connectivity index (χ3v) is 3.11. The lowest BCUT2D eigenvalue weighted by Crippen LogP contribution is -2.10. The molecule has 1 aromatic carbocycles. The minimum atomic E-state index is 0.325. The van der Waals surface area contributed by atoms with E-state index in [0.29, 0.717) is 13.1 Å². The molecule has 0 spiro atoms. The molecule has 0 heterocycles. The molecule has 16 heavy (non-hydrogen) atoms. The highest BCUT2D eigenvalue weighted by Crippen LogP contribution is 2.29. The van der Waals surface area contributed by atoms with Gasteiger partial charge in [-0.05, 0) is 54.1 Å². The molecule has 0 atom stereocenters. The van der Waals surface area contributed by atoms with Crippen LogP contribution in [0.15, 0.2) is 5.11 Å². The van der Waals surface area contributed by atoms with Gasteiger partial charge in [-0.2, -0.15) is 0 Å². The predicted octanol–water partition coefficient (Wildman–Crippen LogP) is 2.46. The van der Waals surface area contributed by atoms with E-state index in [4.69, 9.17) is 17.0 Å². The first-order valence-electron chi connectivity index (χ1n) is 5.12. The molecular formula is C11H17N5. The Hall–Kier alpha value is -1.71. The van der Waals surface area contributed by atoms with Crippen molar-refractivity contribution in [1.82, 2.24) is 0 Å². The van der Waals surface area contributed by atoms with Gasteiger partial charge in [0.1, 0.15) is 0 Å². The van der Waals surface area contributed by atoms with Gasteiger partial charge >= 0.3 is 0 Å². The standard InChI is InChI=1S/C11H17N5/c1-6-9(4-12)7(2)11(13)8(3)10(6)5-15-16-14/h4-5,12-13H2,1-3H3. The first-order valence-corrected chi connectivity index (χ1v) is 5.12. The fourth-order valence-electron chi connectivity index (χ4n) is 2.00. The van der Waals surface area contributed by atoms with Gasteiger partial charge in [-0.1, -0.05) is 5.11 Å². The molecule has 4 N–H and O–H groups in total. The van der Waals surface area contributed by atoms with Gasteiger partial charge in [0.15, 0.2) is 0 Å². The van der Waals surface area contributed by atoms with Crippen LogP contribution in [0.5, 0.6) is 0 Å². The maximum atomic E-state index is 8.36. The number of nitrogens with two attached hydrogens (primary N) is 2. The molecule has 0 amide bonds. The summed E-state index contributed by atoms with van der Waals surface area (Å²) in [5.74, 6) is 0. The van der Waals surface area contributed by atoms with Crippen molar-refractivity contribution < 1.29 is 0 Å². The van der Waals surface area contributed by atoms with E-state index in [1.165, 1.54) is 0 Å². The van der Waals surface area contributed by atoms with Crippen LogP contribution < -0.4 is 11.5 Å². The summed E-state index contributed by atoms with van der Waals surface area (Å²) in [5.41, 5.74) is 26.0. The number of nitrogen functional groups attached to an aromatic ring is 1. The molecule has 0 aliphatic carbocycles. The van der Waals surface area contributed by atoms with Crippen molar-refractivity contribution in [3.05, 3.63) is 38.3 Å². The van der Waals surface area contributed by atoms with E-state index in [1.54, 1.807) is 0 Å². The fourth-order valence-corrected chi connectivity index (χ4v) is 2.00. The van der Waals surface area contributed by atoms with Gasteiger partial charge in [0.05, 0.1) is 6.54 Å². The molecule has 0 saturated carbocycles. The SMILES string of the molecule is Cc1c(N)c(C)c(CN=[N+]=[N-])c(C)c1CN. The summed E-state index contributed by atoms with van der Waals surface area (Å²) >= 11 is 0. The summed E-state index contributed by atoms with van der Waals surface area (Å²) in [6, 6.07) is 0. The first kappa shape index (κ1) is 12.4. The summed E-state index contributed by atoms with van der Waals surface area (Å²) in [4.78, 5) is 2.77. The Morgan fingerprint density at radius 1 is 1.12 bits per heavy atom. The Labute approximate surface area is 95.1 Å². The minimum absolute atomic E-state index is 0.325. The maximum absolute atomic E-state index is 8.36. The maximum Gasteiger partial charge on any atom is 0.0516 e. The summed E-state index contributed by atoms with van der Waals surface area (Å²) in [7, 11) is 0. The molecular weight excluding hydrogens is 202 g/mol. The Morgan fingerprint density at radius 3 is 2.19 bits per heavy atom. The molecule has 0 aliphatic rings. The summed E-state index contributed by atoms with van der Waals surface area (Å²) in [6.07, 6.45) is 0. The van der Waals surface area contributed by atoms with Gasteiger partial charge in [0, 0.05) is 17.1 Å². The van der Waals surface area contributed by atoms with Crippen molar-refractivity contribution in [2.75, 3.05) is 5.73 Å². The highest BCUT2D eigenvalue weighted by Gasteiger charge is 2.13. The van der Waals surface area contributed by atoms with Gasteiger partial charge in [-0.15, -0.1) is 0 Å². The van der Waals surface area contributed by atoms with E-state index in [0.717, 1.165) is 33.5 Å². The van der Waals surface area contributed by atoms with E-state index < -0.39 is 0 Å². The molecule has 0 bridgehead atoms. The van der Waals surface area contributed by atoms with E-state index in [-0.39, 0.29) is 0 Å². The molecule has 0 radical (unpaired) electrons. The van der Waals surface area contributed by atoms with E-state index in [9.17, 15) is 0 Å². The van der Waals surface area contributed by atoms with Crippen LogP contribution in [0.3, 0.4) is 0 Å². The van der Waals surface area contributed by atoms with Gasteiger partial charge in [0.25, 0.3) is 0 Å². The van der Waals surface area contributed by atoms with Crippen molar-refractivity contribution in [3.63, 3.8) is 0 Å². The van der Waals surface area contributed by atoms with E-state index in [2.05, 4.69) is 10.0 Å². The molecule has 0 saturated heterocycles. The lowest BCUT2D eigenvalue weighted by molar-refractivity contribution is 0.961. The van der Waals surface area contributed by atoms with Crippen molar-refractivity contribution in [3.8, 4) is 0 Å². The average Bonchev–Trinajstić information content (AvgIpc) is 2.27. The Balaban J connectivity index is 3.48. The third-order valence-electron chi connectivity index (χ3n) is 3.11. The Bertz CT molecular complexity index is 458. The zero-order chi connectivity index (χ0) is 12.3. The van der Waals surface area contributed by atoms with Crippen LogP contribution in [0, 0.1) is 20.8 Å². The van der Waals surface area contributed by atoms with Crippen LogP contribution in [0.2, 0.25) is 0 Å². The van der Waals surface area contributed by atoms with Crippen LogP contribution in [-0.2, 0) is 13.1 Å².